The summed E-state index contributed by atoms with van der Waals surface area (Å²) in [4.78, 5) is 4.21. The molecule has 5 heteroatoms. The lowest BCUT2D eigenvalue weighted by Crippen LogP contribution is -1.89. The summed E-state index contributed by atoms with van der Waals surface area (Å²) < 4.78 is 2.65. The first-order valence-corrected chi connectivity index (χ1v) is 5.77. The van der Waals surface area contributed by atoms with Crippen molar-refractivity contribution < 1.29 is 0 Å². The lowest BCUT2D eigenvalue weighted by atomic mass is 10.1. The topological polar surface area (TPSA) is 49.4 Å². The van der Waals surface area contributed by atoms with E-state index < -0.39 is 0 Å². The Morgan fingerprint density at radius 1 is 1.24 bits per heavy atom. The number of rotatable bonds is 1. The summed E-state index contributed by atoms with van der Waals surface area (Å²) in [7, 11) is 2.07. The van der Waals surface area contributed by atoms with Crippen LogP contribution < -0.4 is 0 Å². The summed E-state index contributed by atoms with van der Waals surface area (Å²) in [6, 6.07) is 8.43. The van der Waals surface area contributed by atoms with Crippen LogP contribution in [0.25, 0.3) is 22.3 Å². The van der Waals surface area contributed by atoms with Gasteiger partial charge in [-0.15, -0.1) is 0 Å². The monoisotopic (exact) mass is 244 g/mol. The van der Waals surface area contributed by atoms with E-state index in [1.807, 2.05) is 6.07 Å². The first-order chi connectivity index (χ1) is 8.15. The molecule has 0 unspecified atom stereocenters. The number of nitrogens with zero attached hydrogens (tertiary/aromatic N) is 2. The molecule has 4 nitrogen and oxygen atoms in total. The molecule has 3 rings (SSSR count). The van der Waals surface area contributed by atoms with Gasteiger partial charge in [0.15, 0.2) is 5.82 Å². The zero-order valence-electron chi connectivity index (χ0n) is 9.61. The van der Waals surface area contributed by atoms with Gasteiger partial charge in [-0.25, -0.2) is 0 Å². The van der Waals surface area contributed by atoms with Crippen molar-refractivity contribution in [3.05, 3.63) is 34.7 Å². The van der Waals surface area contributed by atoms with Gasteiger partial charge in [0.25, 0.3) is 0 Å². The van der Waals surface area contributed by atoms with Crippen molar-refractivity contribution in [3.63, 3.8) is 0 Å². The van der Waals surface area contributed by atoms with Crippen LogP contribution in [-0.2, 0) is 7.05 Å². The molecule has 0 aliphatic carbocycles. The predicted octanol–water partition coefficient (Wildman–Crippen LogP) is 2.93. The van der Waals surface area contributed by atoms with Gasteiger partial charge in [-0.1, -0.05) is 0 Å². The summed E-state index contributed by atoms with van der Waals surface area (Å²) in [5.41, 5.74) is 3.50. The third-order valence-electron chi connectivity index (χ3n) is 3.06. The minimum absolute atomic E-state index is 0.476. The highest BCUT2D eigenvalue weighted by atomic mass is 32.1. The fourth-order valence-electron chi connectivity index (χ4n) is 2.04. The van der Waals surface area contributed by atoms with Crippen molar-refractivity contribution in [1.29, 1.82) is 0 Å². The first kappa shape index (κ1) is 10.3. The van der Waals surface area contributed by atoms with E-state index in [0.717, 1.165) is 11.4 Å². The Kier molecular flexibility index (Phi) is 2.16. The van der Waals surface area contributed by atoms with Crippen LogP contribution in [0.4, 0.5) is 0 Å². The molecule has 86 valence electrons. The lowest BCUT2D eigenvalue weighted by molar-refractivity contribution is 0.918. The summed E-state index contributed by atoms with van der Waals surface area (Å²) >= 11 is 4.95. The van der Waals surface area contributed by atoms with E-state index in [1.54, 1.807) is 0 Å². The van der Waals surface area contributed by atoms with E-state index >= 15 is 0 Å². The summed E-state index contributed by atoms with van der Waals surface area (Å²) in [6.07, 6.45) is 0. The summed E-state index contributed by atoms with van der Waals surface area (Å²) in [5, 5.41) is 6.98. The second-order valence-corrected chi connectivity index (χ2v) is 4.52. The van der Waals surface area contributed by atoms with Crippen LogP contribution >= 0.6 is 12.2 Å². The van der Waals surface area contributed by atoms with Gasteiger partial charge in [-0.05, 0) is 43.4 Å². The average Bonchev–Trinajstić information content (AvgIpc) is 2.85. The second kappa shape index (κ2) is 3.56. The third-order valence-corrected chi connectivity index (χ3v) is 3.25. The van der Waals surface area contributed by atoms with Crippen LogP contribution in [0.3, 0.4) is 0 Å². The maximum Gasteiger partial charge on any atom is 0.213 e. The maximum absolute atomic E-state index is 4.95. The van der Waals surface area contributed by atoms with Gasteiger partial charge >= 0.3 is 0 Å². The summed E-state index contributed by atoms with van der Waals surface area (Å²) in [6.45, 7) is 2.10. The lowest BCUT2D eigenvalue weighted by Gasteiger charge is -2.00. The maximum atomic E-state index is 4.95. The van der Waals surface area contributed by atoms with Gasteiger partial charge in [0.05, 0.1) is 0 Å². The third kappa shape index (κ3) is 1.59. The highest BCUT2D eigenvalue weighted by Gasteiger charge is 2.06. The molecule has 0 atom stereocenters. The van der Waals surface area contributed by atoms with Crippen molar-refractivity contribution in [3.8, 4) is 11.4 Å². The summed E-state index contributed by atoms with van der Waals surface area (Å²) in [5.74, 6) is 0.776. The smallest absolute Gasteiger partial charge is 0.213 e. The number of benzene rings is 1. The molecule has 0 saturated carbocycles. The van der Waals surface area contributed by atoms with Gasteiger partial charge in [0.1, 0.15) is 0 Å². The SMILES string of the molecule is Cc1cc2cc(-c3nc(=S)[nH][nH]3)ccc2n1C. The highest BCUT2D eigenvalue weighted by Crippen LogP contribution is 2.23. The molecule has 0 amide bonds. The number of aryl methyl sites for hydroxylation is 2. The Hall–Kier alpha value is -1.88. The van der Waals surface area contributed by atoms with Crippen molar-refractivity contribution >= 4 is 23.1 Å². The van der Waals surface area contributed by atoms with Gasteiger partial charge in [0.2, 0.25) is 4.77 Å². The molecule has 0 saturated heterocycles. The van der Waals surface area contributed by atoms with Gasteiger partial charge in [-0.2, -0.15) is 4.98 Å². The van der Waals surface area contributed by atoms with E-state index in [0.29, 0.717) is 4.77 Å². The van der Waals surface area contributed by atoms with E-state index in [9.17, 15) is 0 Å². The number of fused-ring (bicyclic) bond motifs is 1. The van der Waals surface area contributed by atoms with Crippen LogP contribution in [0.2, 0.25) is 0 Å². The molecule has 0 spiro atoms. The molecule has 0 aliphatic rings. The molecule has 2 aromatic heterocycles. The fraction of sp³-hybridized carbons (Fsp3) is 0.167. The Balaban J connectivity index is 2.23. The van der Waals surface area contributed by atoms with Crippen LogP contribution in [0.5, 0.6) is 0 Å². The number of nitrogens with one attached hydrogen (secondary N) is 2. The Bertz CT molecular complexity index is 747. The molecule has 0 fully saturated rings. The fourth-order valence-corrected chi connectivity index (χ4v) is 2.18. The molecular formula is C12H12N4S. The molecular weight excluding hydrogens is 232 g/mol. The average molecular weight is 244 g/mol. The van der Waals surface area contributed by atoms with Gasteiger partial charge in [0, 0.05) is 29.2 Å². The molecule has 0 aliphatic heterocycles. The van der Waals surface area contributed by atoms with Crippen molar-refractivity contribution in [2.75, 3.05) is 0 Å². The standard InChI is InChI=1S/C12H12N4S/c1-7-5-9-6-8(3-4-10(9)16(7)2)11-13-12(17)15-14-11/h3-6H,1-2H3,(H2,13,14,15,17). The van der Waals surface area contributed by atoms with Crippen molar-refractivity contribution in [2.45, 2.75) is 6.92 Å². The highest BCUT2D eigenvalue weighted by molar-refractivity contribution is 7.71. The van der Waals surface area contributed by atoms with E-state index in [2.05, 4.69) is 51.9 Å². The molecule has 2 N–H and O–H groups in total. The van der Waals surface area contributed by atoms with Crippen LogP contribution in [0.1, 0.15) is 5.69 Å². The minimum atomic E-state index is 0.476. The number of hydrogen-bond donors (Lipinski definition) is 2. The van der Waals surface area contributed by atoms with E-state index in [4.69, 9.17) is 12.2 Å². The molecule has 17 heavy (non-hydrogen) atoms. The number of H-pyrrole nitrogens is 2. The van der Waals surface area contributed by atoms with Crippen LogP contribution in [-0.4, -0.2) is 19.7 Å². The predicted molar refractivity (Wildman–Crippen MR) is 70.4 cm³/mol. The molecule has 3 aromatic rings. The zero-order valence-corrected chi connectivity index (χ0v) is 10.4. The van der Waals surface area contributed by atoms with Crippen LogP contribution in [0, 0.1) is 11.7 Å². The normalized spacial score (nSPS) is 11.2. The Morgan fingerprint density at radius 2 is 2.06 bits per heavy atom. The zero-order chi connectivity index (χ0) is 12.0. The van der Waals surface area contributed by atoms with Crippen LogP contribution in [0.15, 0.2) is 24.3 Å². The Morgan fingerprint density at radius 3 is 2.76 bits per heavy atom. The molecule has 2 heterocycles. The number of hydrogen-bond acceptors (Lipinski definition) is 2. The van der Waals surface area contributed by atoms with E-state index in [1.165, 1.54) is 16.6 Å². The van der Waals surface area contributed by atoms with Crippen molar-refractivity contribution in [1.82, 2.24) is 19.7 Å². The Labute approximate surface area is 103 Å². The number of aromatic nitrogens is 4. The van der Waals surface area contributed by atoms with Gasteiger partial charge in [-0.3, -0.25) is 10.2 Å². The molecule has 0 radical (unpaired) electrons. The largest absolute Gasteiger partial charge is 0.348 e. The second-order valence-electron chi connectivity index (χ2n) is 4.13. The van der Waals surface area contributed by atoms with Crippen molar-refractivity contribution in [2.24, 2.45) is 7.05 Å². The molecule has 0 bridgehead atoms. The molecule has 1 aromatic carbocycles. The number of aromatic amines is 2. The first-order valence-electron chi connectivity index (χ1n) is 5.36. The van der Waals surface area contributed by atoms with Gasteiger partial charge < -0.3 is 4.57 Å². The van der Waals surface area contributed by atoms with E-state index in [-0.39, 0.29) is 0 Å². The quantitative estimate of drug-likeness (QED) is 0.647. The minimum Gasteiger partial charge on any atom is -0.348 e.